The van der Waals surface area contributed by atoms with Gasteiger partial charge in [-0.3, -0.25) is 0 Å². The highest BCUT2D eigenvalue weighted by molar-refractivity contribution is 6.62. The van der Waals surface area contributed by atoms with Crippen LogP contribution < -0.4 is 5.46 Å². The van der Waals surface area contributed by atoms with E-state index in [2.05, 4.69) is 107 Å². The summed E-state index contributed by atoms with van der Waals surface area (Å²) in [5.41, 5.74) is 7.16. The molecule has 0 amide bonds. The second-order valence-electron chi connectivity index (χ2n) is 13.4. The zero-order valence-electron chi connectivity index (χ0n) is 26.7. The molecule has 2 heterocycles. The maximum atomic E-state index is 6.50. The molecule has 1 saturated heterocycles. The minimum absolute atomic E-state index is 0.0276. The highest BCUT2D eigenvalue weighted by Crippen LogP contribution is 2.45. The third-order valence-electron chi connectivity index (χ3n) is 10.00. The van der Waals surface area contributed by atoms with Crippen LogP contribution >= 0.6 is 0 Å². The van der Waals surface area contributed by atoms with E-state index < -0.39 is 18.3 Å². The van der Waals surface area contributed by atoms with Crippen LogP contribution in [0.4, 0.5) is 0 Å². The van der Waals surface area contributed by atoms with Crippen LogP contribution in [0.5, 0.6) is 0 Å². The van der Waals surface area contributed by atoms with E-state index in [0.717, 1.165) is 35.3 Å². The number of hydrogen-bond acceptors (Lipinski definition) is 5. The SMILES string of the molecule is CC1(C)OB(c2ccc3c(c2)-c2c(ccc4ccccc24)C(c2nc(-c4ccccc4)nc(-c4ccccc4)n2)CC3)OC1(C)C. The van der Waals surface area contributed by atoms with Crippen molar-refractivity contribution in [1.82, 2.24) is 15.0 Å². The Bertz CT molecular complexity index is 2000. The van der Waals surface area contributed by atoms with Crippen molar-refractivity contribution in [3.05, 3.63) is 132 Å². The normalized spacial score (nSPS) is 18.2. The summed E-state index contributed by atoms with van der Waals surface area (Å²) < 4.78 is 13.0. The highest BCUT2D eigenvalue weighted by atomic mass is 16.7. The highest BCUT2D eigenvalue weighted by Gasteiger charge is 2.51. The molecule has 6 heteroatoms. The molecular weight excluding hydrogens is 565 g/mol. The van der Waals surface area contributed by atoms with Gasteiger partial charge in [-0.05, 0) is 79.0 Å². The van der Waals surface area contributed by atoms with E-state index in [9.17, 15) is 0 Å². The smallest absolute Gasteiger partial charge is 0.399 e. The van der Waals surface area contributed by atoms with Crippen molar-refractivity contribution in [2.75, 3.05) is 0 Å². The Hall–Kier alpha value is -4.65. The van der Waals surface area contributed by atoms with E-state index in [1.807, 2.05) is 36.4 Å². The zero-order valence-corrected chi connectivity index (χ0v) is 26.7. The lowest BCUT2D eigenvalue weighted by Gasteiger charge is -2.32. The Morgan fingerprint density at radius 3 is 1.91 bits per heavy atom. The lowest BCUT2D eigenvalue weighted by molar-refractivity contribution is 0.00578. The first-order chi connectivity index (χ1) is 22.3. The predicted molar refractivity (Wildman–Crippen MR) is 186 cm³/mol. The molecule has 1 fully saturated rings. The van der Waals surface area contributed by atoms with Gasteiger partial charge in [0.05, 0.1) is 11.2 Å². The molecule has 1 aromatic heterocycles. The van der Waals surface area contributed by atoms with Crippen molar-refractivity contribution < 1.29 is 9.31 Å². The summed E-state index contributed by atoms with van der Waals surface area (Å²) >= 11 is 0. The van der Waals surface area contributed by atoms with Gasteiger partial charge in [-0.15, -0.1) is 0 Å². The molecule has 46 heavy (non-hydrogen) atoms. The molecule has 1 aliphatic heterocycles. The van der Waals surface area contributed by atoms with Crippen LogP contribution in [0.25, 0.3) is 44.7 Å². The summed E-state index contributed by atoms with van der Waals surface area (Å²) in [6.07, 6.45) is 1.76. The van der Waals surface area contributed by atoms with Gasteiger partial charge in [0.1, 0.15) is 5.82 Å². The largest absolute Gasteiger partial charge is 0.494 e. The number of fused-ring (bicyclic) bond motifs is 5. The summed E-state index contributed by atoms with van der Waals surface area (Å²) in [7, 11) is -0.432. The van der Waals surface area contributed by atoms with Crippen molar-refractivity contribution in [1.29, 1.82) is 0 Å². The maximum Gasteiger partial charge on any atom is 0.494 e. The molecule has 5 nitrogen and oxygen atoms in total. The standard InChI is InChI=1S/C40H36BN3O2/c1-39(2)40(3,4)46-41(45-39)30-22-19-27-21-24-33(32-23-20-26-13-11-12-18-31(26)35(32)34(27)25-30)38-43-36(28-14-7-5-8-15-28)42-37(44-38)29-16-9-6-10-17-29/h5-20,22-23,25,33H,21,24H2,1-4H3. The molecule has 0 radical (unpaired) electrons. The molecule has 1 unspecified atom stereocenters. The Labute approximate surface area is 270 Å². The van der Waals surface area contributed by atoms with Crippen LogP contribution in [0.1, 0.15) is 57.0 Å². The lowest BCUT2D eigenvalue weighted by atomic mass is 9.76. The van der Waals surface area contributed by atoms with Gasteiger partial charge in [-0.2, -0.15) is 0 Å². The van der Waals surface area contributed by atoms with Crippen LogP contribution in [-0.4, -0.2) is 33.3 Å². The Morgan fingerprint density at radius 1 is 0.652 bits per heavy atom. The van der Waals surface area contributed by atoms with Crippen LogP contribution in [-0.2, 0) is 15.7 Å². The van der Waals surface area contributed by atoms with E-state index in [1.54, 1.807) is 0 Å². The number of nitrogens with zero attached hydrogens (tertiary/aromatic N) is 3. The van der Waals surface area contributed by atoms with E-state index >= 15 is 0 Å². The van der Waals surface area contributed by atoms with Gasteiger partial charge < -0.3 is 9.31 Å². The van der Waals surface area contributed by atoms with Gasteiger partial charge >= 0.3 is 7.12 Å². The van der Waals surface area contributed by atoms with E-state index in [-0.39, 0.29) is 5.92 Å². The molecule has 0 spiro atoms. The molecule has 0 N–H and O–H groups in total. The molecule has 5 aromatic carbocycles. The summed E-state index contributed by atoms with van der Waals surface area (Å²) in [5.74, 6) is 2.15. The second kappa shape index (κ2) is 11.0. The van der Waals surface area contributed by atoms with Gasteiger partial charge in [0.25, 0.3) is 0 Å². The summed E-state index contributed by atoms with van der Waals surface area (Å²) in [6.45, 7) is 8.41. The van der Waals surface area contributed by atoms with Crippen LogP contribution in [0.2, 0.25) is 0 Å². The van der Waals surface area contributed by atoms with E-state index in [4.69, 9.17) is 24.3 Å². The summed E-state index contributed by atoms with van der Waals surface area (Å²) in [6, 6.07) is 40.3. The molecule has 8 rings (SSSR count). The number of rotatable bonds is 4. The number of benzene rings is 5. The fourth-order valence-electron chi connectivity index (χ4n) is 6.75. The van der Waals surface area contributed by atoms with Gasteiger partial charge in [0, 0.05) is 17.0 Å². The third-order valence-corrected chi connectivity index (χ3v) is 10.00. The molecule has 0 bridgehead atoms. The number of aryl methyl sites for hydroxylation is 1. The average molecular weight is 602 g/mol. The van der Waals surface area contributed by atoms with Gasteiger partial charge in [-0.25, -0.2) is 15.0 Å². The van der Waals surface area contributed by atoms with Gasteiger partial charge in [0.2, 0.25) is 0 Å². The maximum absolute atomic E-state index is 6.50. The van der Waals surface area contributed by atoms with E-state index in [1.165, 1.54) is 33.0 Å². The van der Waals surface area contributed by atoms with Crippen LogP contribution in [0.15, 0.2) is 115 Å². The Kier molecular flexibility index (Phi) is 6.89. The van der Waals surface area contributed by atoms with Crippen molar-refractivity contribution >= 4 is 23.4 Å². The molecule has 1 atom stereocenters. The van der Waals surface area contributed by atoms with Crippen LogP contribution in [0.3, 0.4) is 0 Å². The fraction of sp³-hybridized carbons (Fsp3) is 0.225. The van der Waals surface area contributed by atoms with Gasteiger partial charge in [-0.1, -0.05) is 115 Å². The summed E-state index contributed by atoms with van der Waals surface area (Å²) in [4.78, 5) is 15.3. The quantitative estimate of drug-likeness (QED) is 0.190. The van der Waals surface area contributed by atoms with Crippen LogP contribution in [0, 0.1) is 0 Å². The van der Waals surface area contributed by atoms with Crippen molar-refractivity contribution in [3.63, 3.8) is 0 Å². The monoisotopic (exact) mass is 601 g/mol. The molecule has 2 aliphatic rings. The first kappa shape index (κ1) is 28.8. The van der Waals surface area contributed by atoms with Crippen molar-refractivity contribution in [2.45, 2.75) is 57.7 Å². The lowest BCUT2D eigenvalue weighted by Crippen LogP contribution is -2.41. The minimum Gasteiger partial charge on any atom is -0.399 e. The molecule has 0 saturated carbocycles. The Balaban J connectivity index is 1.32. The third kappa shape index (κ3) is 4.93. The molecule has 6 aromatic rings. The molecule has 226 valence electrons. The van der Waals surface area contributed by atoms with E-state index in [0.29, 0.717) is 11.6 Å². The van der Waals surface area contributed by atoms with Crippen molar-refractivity contribution in [2.24, 2.45) is 0 Å². The van der Waals surface area contributed by atoms with Gasteiger partial charge in [0.15, 0.2) is 11.6 Å². The minimum atomic E-state index is -0.432. The second-order valence-corrected chi connectivity index (χ2v) is 13.4. The number of hydrogen-bond donors (Lipinski definition) is 0. The fourth-order valence-corrected chi connectivity index (χ4v) is 6.75. The topological polar surface area (TPSA) is 57.1 Å². The number of aromatic nitrogens is 3. The predicted octanol–water partition coefficient (Wildman–Crippen LogP) is 8.40. The van der Waals surface area contributed by atoms with Crippen molar-refractivity contribution in [3.8, 4) is 33.9 Å². The Morgan fingerprint density at radius 2 is 1.26 bits per heavy atom. The zero-order chi connectivity index (χ0) is 31.5. The first-order valence-electron chi connectivity index (χ1n) is 16.1. The molecular formula is C40H36BN3O2. The molecule has 1 aliphatic carbocycles. The first-order valence-corrected chi connectivity index (χ1v) is 16.1. The average Bonchev–Trinajstić information content (AvgIpc) is 3.20. The summed E-state index contributed by atoms with van der Waals surface area (Å²) in [5, 5.41) is 2.43.